The zero-order valence-electron chi connectivity index (χ0n) is 21.0. The molecule has 37 heavy (non-hydrogen) atoms. The summed E-state index contributed by atoms with van der Waals surface area (Å²) in [7, 11) is -0.951. The summed E-state index contributed by atoms with van der Waals surface area (Å²) < 4.78 is 45.4. The third kappa shape index (κ3) is 5.02. The fourth-order valence-electron chi connectivity index (χ4n) is 4.82. The normalized spacial score (nSPS) is 20.1. The molecule has 7 nitrogen and oxygen atoms in total. The van der Waals surface area contributed by atoms with E-state index in [0.717, 1.165) is 26.7 Å². The molecule has 0 aromatic heterocycles. The van der Waals surface area contributed by atoms with E-state index < -0.39 is 21.2 Å². The number of thioether (sulfide) groups is 1. The standard InChI is InChI=1S/C28H29NO6S2/c1-18-11-21-12-23(25(14-26(21)36-18)35-17-19-7-5-4-6-8-19)27-15-28(30)29(37(27,31)32)16-20-9-10-22(33-2)13-24(20)34-3/h4-10,12-14,18,27H,11,15-17H2,1-3H3. The number of ether oxygens (including phenoxy) is 3. The van der Waals surface area contributed by atoms with Gasteiger partial charge < -0.3 is 14.2 Å². The van der Waals surface area contributed by atoms with Crippen LogP contribution < -0.4 is 14.2 Å². The zero-order chi connectivity index (χ0) is 26.2. The van der Waals surface area contributed by atoms with Gasteiger partial charge in [0.1, 0.15) is 29.1 Å². The lowest BCUT2D eigenvalue weighted by atomic mass is 10.0. The van der Waals surface area contributed by atoms with Crippen molar-refractivity contribution in [2.75, 3.05) is 14.2 Å². The average Bonchev–Trinajstić information content (AvgIpc) is 3.37. The summed E-state index contributed by atoms with van der Waals surface area (Å²) in [6, 6.07) is 18.7. The maximum Gasteiger partial charge on any atom is 0.245 e. The summed E-state index contributed by atoms with van der Waals surface area (Å²) >= 11 is 1.76. The highest BCUT2D eigenvalue weighted by Gasteiger charge is 2.47. The minimum Gasteiger partial charge on any atom is -0.497 e. The molecule has 0 N–H and O–H groups in total. The third-order valence-corrected chi connectivity index (χ3v) is 10.0. The number of hydrogen-bond donors (Lipinski definition) is 0. The molecule has 3 aromatic carbocycles. The molecule has 0 bridgehead atoms. The summed E-state index contributed by atoms with van der Waals surface area (Å²) in [5.74, 6) is 1.11. The highest BCUT2D eigenvalue weighted by atomic mass is 32.2. The van der Waals surface area contributed by atoms with Crippen LogP contribution >= 0.6 is 11.8 Å². The van der Waals surface area contributed by atoms with Crippen LogP contribution in [0.2, 0.25) is 0 Å². The van der Waals surface area contributed by atoms with Crippen molar-refractivity contribution in [3.8, 4) is 17.2 Å². The monoisotopic (exact) mass is 539 g/mol. The molecule has 9 heteroatoms. The van der Waals surface area contributed by atoms with Gasteiger partial charge in [-0.05, 0) is 41.8 Å². The smallest absolute Gasteiger partial charge is 0.245 e. The van der Waals surface area contributed by atoms with Gasteiger partial charge in [0, 0.05) is 27.3 Å². The molecule has 0 saturated carbocycles. The zero-order valence-corrected chi connectivity index (χ0v) is 22.6. The lowest BCUT2D eigenvalue weighted by Crippen LogP contribution is -2.30. The highest BCUT2D eigenvalue weighted by Crippen LogP contribution is 2.47. The van der Waals surface area contributed by atoms with Crippen molar-refractivity contribution < 1.29 is 27.4 Å². The first kappa shape index (κ1) is 25.5. The first-order valence-electron chi connectivity index (χ1n) is 12.1. The van der Waals surface area contributed by atoms with Gasteiger partial charge in [0.15, 0.2) is 0 Å². The SMILES string of the molecule is COc1ccc(CN2C(=O)CC(c3cc4c(cc3OCc3ccccc3)SC(C)C4)S2(=O)=O)c(OC)c1. The van der Waals surface area contributed by atoms with E-state index in [1.165, 1.54) is 7.11 Å². The van der Waals surface area contributed by atoms with E-state index in [2.05, 4.69) is 6.92 Å². The largest absolute Gasteiger partial charge is 0.497 e. The number of carbonyl (C=O) groups is 1. The van der Waals surface area contributed by atoms with Crippen LogP contribution in [0.4, 0.5) is 0 Å². The van der Waals surface area contributed by atoms with E-state index in [4.69, 9.17) is 14.2 Å². The topological polar surface area (TPSA) is 82.1 Å². The Bertz CT molecular complexity index is 1420. The Morgan fingerprint density at radius 1 is 0.973 bits per heavy atom. The second-order valence-corrected chi connectivity index (χ2v) is 12.7. The molecule has 0 radical (unpaired) electrons. The van der Waals surface area contributed by atoms with Crippen molar-refractivity contribution in [3.63, 3.8) is 0 Å². The molecule has 1 amide bonds. The molecule has 194 valence electrons. The van der Waals surface area contributed by atoms with Gasteiger partial charge in [0.25, 0.3) is 0 Å². The van der Waals surface area contributed by atoms with Crippen molar-refractivity contribution in [1.82, 2.24) is 4.31 Å². The van der Waals surface area contributed by atoms with Crippen molar-refractivity contribution in [1.29, 1.82) is 0 Å². The number of rotatable bonds is 8. The molecule has 2 atom stereocenters. The molecular weight excluding hydrogens is 510 g/mol. The van der Waals surface area contributed by atoms with Crippen LogP contribution in [-0.2, 0) is 34.4 Å². The molecule has 5 rings (SSSR count). The summed E-state index contributed by atoms with van der Waals surface area (Å²) in [6.45, 7) is 2.35. The maximum atomic E-state index is 13.8. The predicted molar refractivity (Wildman–Crippen MR) is 143 cm³/mol. The summed E-state index contributed by atoms with van der Waals surface area (Å²) in [5.41, 5.74) is 3.20. The Morgan fingerprint density at radius 3 is 2.49 bits per heavy atom. The van der Waals surface area contributed by atoms with Gasteiger partial charge in [0.05, 0.1) is 27.2 Å². The van der Waals surface area contributed by atoms with E-state index in [9.17, 15) is 13.2 Å². The molecule has 1 fully saturated rings. The quantitative estimate of drug-likeness (QED) is 0.393. The van der Waals surface area contributed by atoms with Gasteiger partial charge in [0.2, 0.25) is 15.9 Å². The second kappa shape index (κ2) is 10.3. The Balaban J connectivity index is 1.48. The lowest BCUT2D eigenvalue weighted by Gasteiger charge is -2.21. The summed E-state index contributed by atoms with van der Waals surface area (Å²) in [6.07, 6.45) is 0.712. The van der Waals surface area contributed by atoms with Gasteiger partial charge in [-0.2, -0.15) is 0 Å². The first-order valence-corrected chi connectivity index (χ1v) is 14.4. The molecule has 3 aromatic rings. The number of amides is 1. The number of nitrogens with zero attached hydrogens (tertiary/aromatic N) is 1. The summed E-state index contributed by atoms with van der Waals surface area (Å²) in [4.78, 5) is 14.2. The fourth-order valence-corrected chi connectivity index (χ4v) is 7.83. The molecular formula is C28H29NO6S2. The maximum absolute atomic E-state index is 13.8. The minimum absolute atomic E-state index is 0.108. The van der Waals surface area contributed by atoms with Crippen molar-refractivity contribution in [2.45, 2.75) is 48.3 Å². The van der Waals surface area contributed by atoms with E-state index in [-0.39, 0.29) is 13.0 Å². The Labute approximate surface area is 221 Å². The third-order valence-electron chi connectivity index (χ3n) is 6.73. The Kier molecular flexibility index (Phi) is 7.09. The van der Waals surface area contributed by atoms with Gasteiger partial charge in [-0.25, -0.2) is 12.7 Å². The van der Waals surface area contributed by atoms with Crippen molar-refractivity contribution in [3.05, 3.63) is 82.9 Å². The van der Waals surface area contributed by atoms with Crippen LogP contribution in [0.5, 0.6) is 17.2 Å². The van der Waals surface area contributed by atoms with Crippen LogP contribution in [-0.4, -0.2) is 38.1 Å². The lowest BCUT2D eigenvalue weighted by molar-refractivity contribution is -0.125. The van der Waals surface area contributed by atoms with E-state index in [1.54, 1.807) is 37.1 Å². The first-order chi connectivity index (χ1) is 17.8. The minimum atomic E-state index is -4.00. The van der Waals surface area contributed by atoms with Crippen molar-refractivity contribution >= 4 is 27.7 Å². The van der Waals surface area contributed by atoms with E-state index in [1.807, 2.05) is 42.5 Å². The number of carbonyl (C=O) groups excluding carboxylic acids is 1. The molecule has 2 aliphatic heterocycles. The van der Waals surface area contributed by atoms with Crippen molar-refractivity contribution in [2.24, 2.45) is 0 Å². The number of fused-ring (bicyclic) bond motifs is 1. The number of methoxy groups -OCH3 is 2. The van der Waals surface area contributed by atoms with Crippen LogP contribution in [0.1, 0.15) is 40.8 Å². The van der Waals surface area contributed by atoms with Crippen LogP contribution in [0.25, 0.3) is 0 Å². The highest BCUT2D eigenvalue weighted by molar-refractivity contribution is 8.00. The van der Waals surface area contributed by atoms with E-state index >= 15 is 0 Å². The van der Waals surface area contributed by atoms with Gasteiger partial charge in [-0.1, -0.05) is 37.3 Å². The summed E-state index contributed by atoms with van der Waals surface area (Å²) in [5, 5.41) is -0.616. The number of hydrogen-bond acceptors (Lipinski definition) is 7. The van der Waals surface area contributed by atoms with Gasteiger partial charge in [-0.3, -0.25) is 4.79 Å². The molecule has 2 heterocycles. The number of sulfonamides is 1. The average molecular weight is 540 g/mol. The van der Waals surface area contributed by atoms with E-state index in [0.29, 0.717) is 40.2 Å². The second-order valence-electron chi connectivity index (χ2n) is 9.22. The molecule has 1 saturated heterocycles. The van der Waals surface area contributed by atoms with Crippen LogP contribution in [0.3, 0.4) is 0 Å². The Hall–Kier alpha value is -3.17. The Morgan fingerprint density at radius 2 is 1.76 bits per heavy atom. The molecule has 0 spiro atoms. The molecule has 2 aliphatic rings. The molecule has 2 unspecified atom stereocenters. The van der Waals surface area contributed by atoms with Crippen LogP contribution in [0, 0.1) is 0 Å². The molecule has 0 aliphatic carbocycles. The van der Waals surface area contributed by atoms with Gasteiger partial charge in [-0.15, -0.1) is 11.8 Å². The van der Waals surface area contributed by atoms with Gasteiger partial charge >= 0.3 is 0 Å². The fraction of sp³-hybridized carbons (Fsp3) is 0.321. The number of benzene rings is 3. The van der Waals surface area contributed by atoms with Crippen LogP contribution in [0.15, 0.2) is 65.6 Å². The predicted octanol–water partition coefficient (Wildman–Crippen LogP) is 5.12.